The van der Waals surface area contributed by atoms with Crippen LogP contribution < -0.4 is 27.9 Å². The first kappa shape index (κ1) is 20.8. The van der Waals surface area contributed by atoms with Gasteiger partial charge in [-0.2, -0.15) is 0 Å². The molecule has 0 radical (unpaired) electrons. The molecule has 0 saturated carbocycles. The van der Waals surface area contributed by atoms with Crippen LogP contribution >= 0.6 is 23.3 Å². The van der Waals surface area contributed by atoms with Crippen LogP contribution in [0.25, 0.3) is 27.8 Å². The molecule has 0 fully saturated rings. The molecule has 4 rings (SSSR count). The lowest BCUT2D eigenvalue weighted by atomic mass is 10.1. The summed E-state index contributed by atoms with van der Waals surface area (Å²) in [5.41, 5.74) is 4.93. The van der Waals surface area contributed by atoms with Crippen LogP contribution in [-0.2, 0) is 0 Å². The fourth-order valence-corrected chi connectivity index (χ4v) is 4.70. The Morgan fingerprint density at radius 2 is 1.39 bits per heavy atom. The Morgan fingerprint density at radius 3 is 2.00 bits per heavy atom. The summed E-state index contributed by atoms with van der Waals surface area (Å²) in [5.74, 6) is 0. The molecule has 4 aromatic rings. The number of aromatic nitrogens is 1. The van der Waals surface area contributed by atoms with Gasteiger partial charge in [0.2, 0.25) is 5.69 Å². The van der Waals surface area contributed by atoms with Crippen molar-refractivity contribution in [2.75, 3.05) is 6.26 Å². The Labute approximate surface area is 191 Å². The predicted octanol–water partition coefficient (Wildman–Crippen LogP) is 3.56. The molecular formula is C24H20INS2. The van der Waals surface area contributed by atoms with Crippen molar-refractivity contribution in [3.8, 4) is 16.8 Å². The number of thioether (sulfide) groups is 1. The van der Waals surface area contributed by atoms with Crippen molar-refractivity contribution in [1.29, 1.82) is 0 Å². The Bertz CT molecular complexity index is 1040. The Kier molecular flexibility index (Phi) is 7.48. The molecule has 0 aliphatic rings. The number of hydrogen-bond donors (Lipinski definition) is 0. The molecule has 1 heterocycles. The third-order valence-corrected chi connectivity index (χ3v) is 6.19. The zero-order valence-corrected chi connectivity index (χ0v) is 19.2. The van der Waals surface area contributed by atoms with Crippen LogP contribution in [0.4, 0.5) is 0 Å². The van der Waals surface area contributed by atoms with E-state index in [1.165, 1.54) is 32.2 Å². The number of hydrogen-bond acceptors (Lipinski definition) is 2. The SMILES string of the molecule is CS/C(=C/c1s[n+](-c2ccccc2)cc1-c1ccccc1)c1ccccc1.[I-]. The van der Waals surface area contributed by atoms with Crippen LogP contribution in [0.1, 0.15) is 10.4 Å². The van der Waals surface area contributed by atoms with E-state index in [1.54, 1.807) is 23.3 Å². The van der Waals surface area contributed by atoms with Crippen molar-refractivity contribution in [1.82, 2.24) is 0 Å². The van der Waals surface area contributed by atoms with Crippen LogP contribution in [0.2, 0.25) is 0 Å². The lowest BCUT2D eigenvalue weighted by Gasteiger charge is -2.04. The summed E-state index contributed by atoms with van der Waals surface area (Å²) in [6.45, 7) is 0. The van der Waals surface area contributed by atoms with Crippen molar-refractivity contribution in [2.45, 2.75) is 0 Å². The molecule has 0 N–H and O–H groups in total. The summed E-state index contributed by atoms with van der Waals surface area (Å²) < 4.78 is 2.25. The van der Waals surface area contributed by atoms with Gasteiger partial charge in [0.25, 0.3) is 0 Å². The average Bonchev–Trinajstić information content (AvgIpc) is 3.18. The minimum absolute atomic E-state index is 0. The topological polar surface area (TPSA) is 3.88 Å². The van der Waals surface area contributed by atoms with E-state index in [4.69, 9.17) is 0 Å². The smallest absolute Gasteiger partial charge is 0.224 e. The van der Waals surface area contributed by atoms with Gasteiger partial charge in [-0.1, -0.05) is 78.9 Å². The fourth-order valence-electron chi connectivity index (χ4n) is 2.98. The molecule has 0 unspecified atom stereocenters. The van der Waals surface area contributed by atoms with Crippen molar-refractivity contribution in [3.05, 3.63) is 108 Å². The molecule has 0 aliphatic carbocycles. The van der Waals surface area contributed by atoms with E-state index in [0.29, 0.717) is 0 Å². The molecule has 0 aliphatic heterocycles. The number of rotatable bonds is 5. The van der Waals surface area contributed by atoms with Crippen LogP contribution in [-0.4, -0.2) is 6.26 Å². The van der Waals surface area contributed by atoms with E-state index >= 15 is 0 Å². The van der Waals surface area contributed by atoms with Crippen LogP contribution in [0, 0.1) is 0 Å². The van der Waals surface area contributed by atoms with Crippen LogP contribution in [0.5, 0.6) is 0 Å². The predicted molar refractivity (Wildman–Crippen MR) is 119 cm³/mol. The van der Waals surface area contributed by atoms with E-state index in [1.807, 2.05) is 0 Å². The Morgan fingerprint density at radius 1 is 0.821 bits per heavy atom. The highest BCUT2D eigenvalue weighted by atomic mass is 127. The molecule has 0 amide bonds. The molecule has 4 heteroatoms. The lowest BCUT2D eigenvalue weighted by Crippen LogP contribution is -3.00. The van der Waals surface area contributed by atoms with Gasteiger partial charge in [0.05, 0.1) is 5.56 Å². The van der Waals surface area contributed by atoms with Crippen LogP contribution in [0.15, 0.2) is 97.2 Å². The largest absolute Gasteiger partial charge is 1.00 e. The van der Waals surface area contributed by atoms with Crippen molar-refractivity contribution >= 4 is 34.3 Å². The molecule has 1 aromatic heterocycles. The monoisotopic (exact) mass is 513 g/mol. The molecule has 0 bridgehead atoms. The molecule has 0 saturated heterocycles. The van der Waals surface area contributed by atoms with Gasteiger partial charge in [0, 0.05) is 17.0 Å². The summed E-state index contributed by atoms with van der Waals surface area (Å²) in [6.07, 6.45) is 6.69. The second-order valence-corrected chi connectivity index (χ2v) is 7.97. The quantitative estimate of drug-likeness (QED) is 0.292. The highest BCUT2D eigenvalue weighted by Crippen LogP contribution is 2.33. The molecular weight excluding hydrogens is 493 g/mol. The molecule has 28 heavy (non-hydrogen) atoms. The fraction of sp³-hybridized carbons (Fsp3) is 0.0417. The van der Waals surface area contributed by atoms with Gasteiger partial charge in [-0.25, -0.2) is 0 Å². The van der Waals surface area contributed by atoms with Crippen molar-refractivity contribution in [2.24, 2.45) is 0 Å². The maximum absolute atomic E-state index is 2.31. The number of para-hydroxylation sites is 1. The number of nitrogens with zero attached hydrogens (tertiary/aromatic N) is 1. The van der Waals surface area contributed by atoms with E-state index in [2.05, 4.69) is 113 Å². The van der Waals surface area contributed by atoms with Gasteiger partial charge in [0.1, 0.15) is 16.4 Å². The second-order valence-electron chi connectivity index (χ2n) is 6.10. The van der Waals surface area contributed by atoms with E-state index < -0.39 is 0 Å². The number of benzene rings is 3. The van der Waals surface area contributed by atoms with Crippen LogP contribution in [0.3, 0.4) is 0 Å². The second kappa shape index (κ2) is 10.0. The first-order valence-electron chi connectivity index (χ1n) is 8.83. The summed E-state index contributed by atoms with van der Waals surface area (Å²) in [5, 5.41) is 0. The lowest BCUT2D eigenvalue weighted by molar-refractivity contribution is -0.519. The maximum atomic E-state index is 2.31. The summed E-state index contributed by atoms with van der Waals surface area (Å²) in [6, 6.07) is 31.7. The Balaban J connectivity index is 0.00000225. The first-order valence-corrected chi connectivity index (χ1v) is 10.8. The Hall–Kier alpha value is -1.89. The molecule has 0 spiro atoms. The van der Waals surface area contributed by atoms with E-state index in [-0.39, 0.29) is 24.0 Å². The minimum atomic E-state index is 0. The molecule has 0 atom stereocenters. The normalized spacial score (nSPS) is 11.1. The highest BCUT2D eigenvalue weighted by Gasteiger charge is 2.19. The highest BCUT2D eigenvalue weighted by molar-refractivity contribution is 8.07. The zero-order chi connectivity index (χ0) is 18.5. The molecule has 1 nitrogen and oxygen atoms in total. The third-order valence-electron chi connectivity index (χ3n) is 4.34. The minimum Gasteiger partial charge on any atom is -1.00 e. The maximum Gasteiger partial charge on any atom is 0.224 e. The molecule has 3 aromatic carbocycles. The summed E-state index contributed by atoms with van der Waals surface area (Å²) >= 11 is 3.56. The van der Waals surface area contributed by atoms with Crippen molar-refractivity contribution in [3.63, 3.8) is 0 Å². The third kappa shape index (κ3) is 4.74. The van der Waals surface area contributed by atoms with Gasteiger partial charge in [-0.3, -0.25) is 0 Å². The van der Waals surface area contributed by atoms with Gasteiger partial charge in [0.15, 0.2) is 6.20 Å². The van der Waals surface area contributed by atoms with Gasteiger partial charge < -0.3 is 24.0 Å². The van der Waals surface area contributed by atoms with Gasteiger partial charge in [-0.05, 0) is 23.5 Å². The van der Waals surface area contributed by atoms with E-state index in [0.717, 1.165) is 0 Å². The number of halogens is 1. The summed E-state index contributed by atoms with van der Waals surface area (Å²) in [7, 11) is 0. The van der Waals surface area contributed by atoms with Gasteiger partial charge >= 0.3 is 0 Å². The zero-order valence-electron chi connectivity index (χ0n) is 15.5. The summed E-state index contributed by atoms with van der Waals surface area (Å²) in [4.78, 5) is 2.54. The standard InChI is InChI=1S/C24H20NS2.HI/c1-26-23(20-13-7-3-8-14-20)17-24-22(19-11-5-2-6-12-19)18-25(27-24)21-15-9-4-10-16-21;/h2-18H,1H3;1H/q+1;/p-1/b23-17+;. The first-order chi connectivity index (χ1) is 13.3. The average molecular weight is 513 g/mol. The van der Waals surface area contributed by atoms with E-state index in [9.17, 15) is 0 Å². The van der Waals surface area contributed by atoms with Gasteiger partial charge in [-0.15, -0.1) is 15.7 Å². The van der Waals surface area contributed by atoms with Crippen molar-refractivity contribution < 1.29 is 27.9 Å². The molecule has 140 valence electrons.